The summed E-state index contributed by atoms with van der Waals surface area (Å²) in [4.78, 5) is 4.92. The highest BCUT2D eigenvalue weighted by Crippen LogP contribution is 2.11. The molecule has 3 nitrogen and oxygen atoms in total. The van der Waals surface area contributed by atoms with Gasteiger partial charge < -0.3 is 15.1 Å². The van der Waals surface area contributed by atoms with Crippen LogP contribution in [0.2, 0.25) is 0 Å². The van der Waals surface area contributed by atoms with Gasteiger partial charge in [-0.3, -0.25) is 0 Å². The van der Waals surface area contributed by atoms with Gasteiger partial charge in [0.2, 0.25) is 0 Å². The minimum Gasteiger partial charge on any atom is -0.317 e. The van der Waals surface area contributed by atoms with Crippen LogP contribution in [0, 0.1) is 0 Å². The number of hydrogen-bond donors (Lipinski definition) is 1. The fraction of sp³-hybridized carbons (Fsp3) is 1.00. The zero-order chi connectivity index (χ0) is 11.1. The summed E-state index contributed by atoms with van der Waals surface area (Å²) in [6.07, 6.45) is 4.00. The van der Waals surface area contributed by atoms with E-state index < -0.39 is 0 Å². The smallest absolute Gasteiger partial charge is 0.0109 e. The predicted octanol–water partition coefficient (Wildman–Crippen LogP) is 1.01. The molecule has 1 N–H and O–H groups in total. The Bertz CT molecular complexity index is 153. The normalized spacial score (nSPS) is 23.4. The van der Waals surface area contributed by atoms with E-state index in [4.69, 9.17) is 0 Å². The van der Waals surface area contributed by atoms with Crippen molar-refractivity contribution in [3.63, 3.8) is 0 Å². The molecule has 1 aliphatic heterocycles. The summed E-state index contributed by atoms with van der Waals surface area (Å²) in [7, 11) is 4.47. The highest BCUT2D eigenvalue weighted by atomic mass is 15.2. The zero-order valence-corrected chi connectivity index (χ0v) is 10.6. The second-order valence-electron chi connectivity index (χ2n) is 4.71. The van der Waals surface area contributed by atoms with Gasteiger partial charge in [-0.15, -0.1) is 0 Å². The summed E-state index contributed by atoms with van der Waals surface area (Å²) >= 11 is 0. The molecule has 3 heteroatoms. The van der Waals surface area contributed by atoms with Crippen LogP contribution in [0.4, 0.5) is 0 Å². The summed E-state index contributed by atoms with van der Waals surface area (Å²) in [5, 5.41) is 3.47. The Morgan fingerprint density at radius 1 is 1.13 bits per heavy atom. The van der Waals surface area contributed by atoms with E-state index in [0.717, 1.165) is 12.6 Å². The molecule has 90 valence electrons. The van der Waals surface area contributed by atoms with Gasteiger partial charge in [-0.2, -0.15) is 0 Å². The topological polar surface area (TPSA) is 18.5 Å². The van der Waals surface area contributed by atoms with E-state index in [0.29, 0.717) is 0 Å². The van der Waals surface area contributed by atoms with Crippen molar-refractivity contribution in [2.75, 3.05) is 46.8 Å². The molecule has 1 unspecified atom stereocenters. The fourth-order valence-electron chi connectivity index (χ4n) is 2.11. The summed E-state index contributed by atoms with van der Waals surface area (Å²) in [5.41, 5.74) is 0. The van der Waals surface area contributed by atoms with Crippen molar-refractivity contribution in [3.05, 3.63) is 0 Å². The zero-order valence-electron chi connectivity index (χ0n) is 10.6. The predicted molar refractivity (Wildman–Crippen MR) is 66.3 cm³/mol. The molecule has 0 radical (unpaired) electrons. The number of hydrogen-bond acceptors (Lipinski definition) is 3. The van der Waals surface area contributed by atoms with Crippen molar-refractivity contribution in [3.8, 4) is 0 Å². The van der Waals surface area contributed by atoms with Crippen molar-refractivity contribution in [1.82, 2.24) is 15.1 Å². The molecular formula is C12H27N3. The molecule has 0 amide bonds. The lowest BCUT2D eigenvalue weighted by molar-refractivity contribution is 0.196. The summed E-state index contributed by atoms with van der Waals surface area (Å²) in [6.45, 7) is 8.17. The molecule has 0 spiro atoms. The molecule has 1 rings (SSSR count). The van der Waals surface area contributed by atoms with Crippen molar-refractivity contribution in [2.45, 2.75) is 32.2 Å². The molecule has 1 heterocycles. The van der Waals surface area contributed by atoms with Gasteiger partial charge >= 0.3 is 0 Å². The molecule has 1 saturated heterocycles. The molecule has 0 aromatic carbocycles. The number of likely N-dealkylation sites (N-methyl/N-ethyl adjacent to an activating group) is 2. The molecule has 0 bridgehead atoms. The molecule has 0 saturated carbocycles. The molecule has 1 fully saturated rings. The lowest BCUT2D eigenvalue weighted by atomic mass is 10.1. The Labute approximate surface area is 94.8 Å². The average molecular weight is 213 g/mol. The Morgan fingerprint density at radius 2 is 1.93 bits per heavy atom. The first kappa shape index (κ1) is 12.9. The van der Waals surface area contributed by atoms with Crippen LogP contribution in [0.1, 0.15) is 26.2 Å². The second kappa shape index (κ2) is 7.20. The summed E-state index contributed by atoms with van der Waals surface area (Å²) in [5.74, 6) is 0. The second-order valence-corrected chi connectivity index (χ2v) is 4.71. The Balaban J connectivity index is 2.22. The van der Waals surface area contributed by atoms with Crippen LogP contribution in [-0.2, 0) is 0 Å². The van der Waals surface area contributed by atoms with Crippen molar-refractivity contribution in [1.29, 1.82) is 0 Å². The van der Waals surface area contributed by atoms with Gasteiger partial charge in [0.15, 0.2) is 0 Å². The number of nitrogens with one attached hydrogen (secondary N) is 1. The number of rotatable bonds is 5. The standard InChI is InChI=1S/C12H27N3/c1-4-14(2)10-11-15(3)12-6-5-8-13-9-7-12/h12-13H,4-11H2,1-3H3. The Kier molecular flexibility index (Phi) is 6.22. The minimum atomic E-state index is 0.797. The highest BCUT2D eigenvalue weighted by molar-refractivity contribution is 4.74. The van der Waals surface area contributed by atoms with Gasteiger partial charge in [0.05, 0.1) is 0 Å². The maximum absolute atomic E-state index is 3.47. The largest absolute Gasteiger partial charge is 0.317 e. The summed E-state index contributed by atoms with van der Waals surface area (Å²) < 4.78 is 0. The molecule has 1 aliphatic rings. The van der Waals surface area contributed by atoms with Crippen molar-refractivity contribution >= 4 is 0 Å². The third-order valence-electron chi connectivity index (χ3n) is 3.54. The third kappa shape index (κ3) is 4.96. The lowest BCUT2D eigenvalue weighted by Crippen LogP contribution is -2.38. The van der Waals surface area contributed by atoms with Crippen LogP contribution < -0.4 is 5.32 Å². The highest BCUT2D eigenvalue weighted by Gasteiger charge is 2.16. The van der Waals surface area contributed by atoms with E-state index in [9.17, 15) is 0 Å². The first-order valence-corrected chi connectivity index (χ1v) is 6.33. The maximum atomic E-state index is 3.47. The van der Waals surface area contributed by atoms with Gasteiger partial charge in [0, 0.05) is 19.1 Å². The Hall–Kier alpha value is -0.120. The van der Waals surface area contributed by atoms with Crippen molar-refractivity contribution < 1.29 is 0 Å². The molecule has 15 heavy (non-hydrogen) atoms. The SMILES string of the molecule is CCN(C)CCN(C)C1CCCNCC1. The minimum absolute atomic E-state index is 0.797. The van der Waals surface area contributed by atoms with Crippen molar-refractivity contribution in [2.24, 2.45) is 0 Å². The molecular weight excluding hydrogens is 186 g/mol. The maximum Gasteiger partial charge on any atom is 0.0109 e. The van der Waals surface area contributed by atoms with Crippen LogP contribution in [-0.4, -0.2) is 62.7 Å². The van der Waals surface area contributed by atoms with E-state index in [1.54, 1.807) is 0 Å². The summed E-state index contributed by atoms with van der Waals surface area (Å²) in [6, 6.07) is 0.797. The molecule has 0 aliphatic carbocycles. The monoisotopic (exact) mass is 213 g/mol. The number of nitrogens with zero attached hydrogens (tertiary/aromatic N) is 2. The lowest BCUT2D eigenvalue weighted by Gasteiger charge is -2.28. The average Bonchev–Trinajstić information content (AvgIpc) is 2.53. The van der Waals surface area contributed by atoms with Gasteiger partial charge in [-0.25, -0.2) is 0 Å². The van der Waals surface area contributed by atoms with E-state index in [2.05, 4.69) is 36.1 Å². The fourth-order valence-corrected chi connectivity index (χ4v) is 2.11. The van der Waals surface area contributed by atoms with Crippen LogP contribution in [0.25, 0.3) is 0 Å². The molecule has 0 aromatic rings. The first-order chi connectivity index (χ1) is 7.24. The van der Waals surface area contributed by atoms with Gasteiger partial charge in [-0.1, -0.05) is 6.92 Å². The third-order valence-corrected chi connectivity index (χ3v) is 3.54. The van der Waals surface area contributed by atoms with Crippen LogP contribution in [0.5, 0.6) is 0 Å². The van der Waals surface area contributed by atoms with Gasteiger partial charge in [-0.05, 0) is 53.0 Å². The quantitative estimate of drug-likeness (QED) is 0.735. The first-order valence-electron chi connectivity index (χ1n) is 6.33. The Morgan fingerprint density at radius 3 is 2.67 bits per heavy atom. The van der Waals surface area contributed by atoms with Crippen LogP contribution >= 0.6 is 0 Å². The van der Waals surface area contributed by atoms with E-state index in [1.165, 1.54) is 45.4 Å². The van der Waals surface area contributed by atoms with E-state index in [-0.39, 0.29) is 0 Å². The van der Waals surface area contributed by atoms with Crippen LogP contribution in [0.15, 0.2) is 0 Å². The van der Waals surface area contributed by atoms with Gasteiger partial charge in [0.25, 0.3) is 0 Å². The molecule has 1 atom stereocenters. The van der Waals surface area contributed by atoms with Gasteiger partial charge in [0.1, 0.15) is 0 Å². The van der Waals surface area contributed by atoms with E-state index in [1.807, 2.05) is 0 Å². The molecule has 0 aromatic heterocycles. The van der Waals surface area contributed by atoms with Crippen LogP contribution in [0.3, 0.4) is 0 Å². The van der Waals surface area contributed by atoms with E-state index >= 15 is 0 Å².